The van der Waals surface area contributed by atoms with Crippen molar-refractivity contribution in [2.45, 2.75) is 4.90 Å². The normalized spacial score (nSPS) is 10.8. The van der Waals surface area contributed by atoms with E-state index in [0.29, 0.717) is 22.2 Å². The van der Waals surface area contributed by atoms with Gasteiger partial charge in [0.05, 0.1) is 17.7 Å². The van der Waals surface area contributed by atoms with E-state index in [4.69, 9.17) is 15.5 Å². The van der Waals surface area contributed by atoms with Gasteiger partial charge in [-0.15, -0.1) is 23.1 Å². The molecule has 2 heterocycles. The second-order valence-corrected chi connectivity index (χ2v) is 10.6. The number of anilines is 4. The molecule has 5 rings (SSSR count). The van der Waals surface area contributed by atoms with Gasteiger partial charge < -0.3 is 21.1 Å². The van der Waals surface area contributed by atoms with E-state index in [2.05, 4.69) is 15.6 Å². The van der Waals surface area contributed by atoms with Crippen molar-refractivity contribution in [3.05, 3.63) is 83.7 Å². The third-order valence-corrected chi connectivity index (χ3v) is 8.18. The number of benzene rings is 3. The standard InChI is InChI=1S/C27H23N5O2S3/c1-34-21-12-11-19(14-22(21)35-2)30-27-32-24(28)23(37-27)26-31-20(15-36-26)17-9-6-10-18(13-17)29-25(33)16-7-4-3-5-8-16/h3-15H,28H2,1-2H3,(H,29,33)(H,30,32). The van der Waals surface area contributed by atoms with Gasteiger partial charge >= 0.3 is 0 Å². The molecule has 0 aliphatic carbocycles. The lowest BCUT2D eigenvalue weighted by molar-refractivity contribution is 0.102. The molecule has 0 aliphatic heterocycles. The fraction of sp³-hybridized carbons (Fsp3) is 0.0741. The van der Waals surface area contributed by atoms with Gasteiger partial charge in [-0.05, 0) is 48.7 Å². The van der Waals surface area contributed by atoms with Crippen molar-refractivity contribution in [2.24, 2.45) is 0 Å². The van der Waals surface area contributed by atoms with Crippen LogP contribution < -0.4 is 21.1 Å². The van der Waals surface area contributed by atoms with E-state index in [1.165, 1.54) is 22.7 Å². The third kappa shape index (κ3) is 5.61. The highest BCUT2D eigenvalue weighted by atomic mass is 32.2. The number of nitrogens with two attached hydrogens (primary N) is 1. The number of aromatic nitrogens is 2. The number of ether oxygens (including phenoxy) is 1. The van der Waals surface area contributed by atoms with Crippen molar-refractivity contribution >= 4 is 62.7 Å². The predicted octanol–water partition coefficient (Wildman–Crippen LogP) is 7.24. The number of amides is 1. The highest BCUT2D eigenvalue weighted by molar-refractivity contribution is 7.98. The second kappa shape index (κ2) is 11.0. The summed E-state index contributed by atoms with van der Waals surface area (Å²) in [6.45, 7) is 0. The van der Waals surface area contributed by atoms with E-state index in [0.717, 1.165) is 37.5 Å². The van der Waals surface area contributed by atoms with Crippen LogP contribution in [0.5, 0.6) is 5.75 Å². The zero-order valence-electron chi connectivity index (χ0n) is 20.0. The number of thioether (sulfide) groups is 1. The highest BCUT2D eigenvalue weighted by Gasteiger charge is 2.16. The Hall–Kier alpha value is -3.86. The smallest absolute Gasteiger partial charge is 0.255 e. The van der Waals surface area contributed by atoms with Crippen LogP contribution in [0.15, 0.2) is 83.1 Å². The van der Waals surface area contributed by atoms with Crippen molar-refractivity contribution < 1.29 is 9.53 Å². The van der Waals surface area contributed by atoms with Crippen LogP contribution in [0.4, 0.5) is 22.3 Å². The summed E-state index contributed by atoms with van der Waals surface area (Å²) >= 11 is 4.57. The predicted molar refractivity (Wildman–Crippen MR) is 156 cm³/mol. The zero-order chi connectivity index (χ0) is 25.8. The Morgan fingerprint density at radius 1 is 1.00 bits per heavy atom. The van der Waals surface area contributed by atoms with Crippen LogP contribution in [0.3, 0.4) is 0 Å². The maximum atomic E-state index is 12.5. The molecule has 7 nitrogen and oxygen atoms in total. The highest BCUT2D eigenvalue weighted by Crippen LogP contribution is 2.40. The fourth-order valence-electron chi connectivity index (χ4n) is 3.64. The average Bonchev–Trinajstić information content (AvgIpc) is 3.56. The van der Waals surface area contributed by atoms with Crippen molar-refractivity contribution in [1.82, 2.24) is 9.97 Å². The maximum Gasteiger partial charge on any atom is 0.255 e. The summed E-state index contributed by atoms with van der Waals surface area (Å²) in [7, 11) is 1.66. The quantitative estimate of drug-likeness (QED) is 0.177. The van der Waals surface area contributed by atoms with Gasteiger partial charge in [-0.2, -0.15) is 0 Å². The molecule has 2 aromatic heterocycles. The third-order valence-electron chi connectivity index (χ3n) is 5.44. The minimum Gasteiger partial charge on any atom is -0.496 e. The number of hydrogen-bond donors (Lipinski definition) is 3. The molecule has 1 amide bonds. The first kappa shape index (κ1) is 24.8. The Morgan fingerprint density at radius 3 is 2.62 bits per heavy atom. The Morgan fingerprint density at radius 2 is 1.84 bits per heavy atom. The number of methoxy groups -OCH3 is 1. The monoisotopic (exact) mass is 545 g/mol. The summed E-state index contributed by atoms with van der Waals surface area (Å²) in [4.78, 5) is 23.7. The maximum absolute atomic E-state index is 12.5. The molecule has 37 heavy (non-hydrogen) atoms. The number of nitrogens with one attached hydrogen (secondary N) is 2. The van der Waals surface area contributed by atoms with E-state index in [-0.39, 0.29) is 5.91 Å². The molecule has 0 radical (unpaired) electrons. The first-order valence-electron chi connectivity index (χ1n) is 11.2. The summed E-state index contributed by atoms with van der Waals surface area (Å²) in [6.07, 6.45) is 2.01. The Balaban J connectivity index is 1.33. The molecule has 5 aromatic rings. The summed E-state index contributed by atoms with van der Waals surface area (Å²) in [5.74, 6) is 1.10. The molecule has 186 valence electrons. The van der Waals surface area contributed by atoms with Crippen molar-refractivity contribution in [1.29, 1.82) is 0 Å². The molecule has 0 aliphatic rings. The first-order chi connectivity index (χ1) is 18.0. The van der Waals surface area contributed by atoms with Crippen LogP contribution in [0.25, 0.3) is 21.1 Å². The summed E-state index contributed by atoms with van der Waals surface area (Å²) in [5.41, 5.74) is 10.2. The van der Waals surface area contributed by atoms with Gasteiger partial charge in [0.1, 0.15) is 21.5 Å². The molecule has 0 bridgehead atoms. The lowest BCUT2D eigenvalue weighted by atomic mass is 10.1. The largest absolute Gasteiger partial charge is 0.496 e. The number of carbonyl (C=O) groups excluding carboxylic acids is 1. The molecule has 3 aromatic carbocycles. The van der Waals surface area contributed by atoms with Gasteiger partial charge in [0, 0.05) is 27.9 Å². The zero-order valence-corrected chi connectivity index (χ0v) is 22.5. The molecule has 0 atom stereocenters. The SMILES string of the molecule is COc1ccc(Nc2nc(N)c(-c3nc(-c4cccc(NC(=O)c5ccccc5)c4)cs3)s2)cc1SC. The summed E-state index contributed by atoms with van der Waals surface area (Å²) in [5, 5.41) is 9.74. The topological polar surface area (TPSA) is 102 Å². The fourth-order valence-corrected chi connectivity index (χ4v) is 6.07. The molecular formula is C27H23N5O2S3. The van der Waals surface area contributed by atoms with Gasteiger partial charge in [-0.1, -0.05) is 41.7 Å². The Labute approximate surface area is 226 Å². The van der Waals surface area contributed by atoms with Gasteiger partial charge in [0.25, 0.3) is 5.91 Å². The van der Waals surface area contributed by atoms with Crippen LogP contribution in [0, 0.1) is 0 Å². The molecule has 4 N–H and O–H groups in total. The molecule has 10 heteroatoms. The Bertz CT molecular complexity index is 1550. The van der Waals surface area contributed by atoms with Crippen LogP contribution in [-0.2, 0) is 0 Å². The van der Waals surface area contributed by atoms with Crippen LogP contribution in [-0.4, -0.2) is 29.2 Å². The first-order valence-corrected chi connectivity index (χ1v) is 14.1. The molecule has 0 spiro atoms. The molecule has 0 unspecified atom stereocenters. The molecule has 0 saturated heterocycles. The van der Waals surface area contributed by atoms with E-state index < -0.39 is 0 Å². The molecular weight excluding hydrogens is 523 g/mol. The van der Waals surface area contributed by atoms with E-state index in [1.807, 2.05) is 72.3 Å². The van der Waals surface area contributed by atoms with Gasteiger partial charge in [0.15, 0.2) is 5.13 Å². The lowest BCUT2D eigenvalue weighted by Crippen LogP contribution is -2.11. The van der Waals surface area contributed by atoms with Crippen molar-refractivity contribution in [3.8, 4) is 26.9 Å². The number of hydrogen-bond acceptors (Lipinski definition) is 9. The average molecular weight is 546 g/mol. The van der Waals surface area contributed by atoms with Gasteiger partial charge in [-0.3, -0.25) is 4.79 Å². The number of nitrogen functional groups attached to an aromatic ring is 1. The number of thiazole rings is 2. The van der Waals surface area contributed by atoms with Crippen LogP contribution in [0.2, 0.25) is 0 Å². The lowest BCUT2D eigenvalue weighted by Gasteiger charge is -2.09. The minimum absolute atomic E-state index is 0.157. The van der Waals surface area contributed by atoms with Crippen molar-refractivity contribution in [3.63, 3.8) is 0 Å². The second-order valence-electron chi connectivity index (χ2n) is 7.87. The minimum atomic E-state index is -0.157. The summed E-state index contributed by atoms with van der Waals surface area (Å²) in [6, 6.07) is 22.7. The van der Waals surface area contributed by atoms with Gasteiger partial charge in [0.2, 0.25) is 0 Å². The van der Waals surface area contributed by atoms with Gasteiger partial charge in [-0.25, -0.2) is 9.97 Å². The molecule has 0 saturated carbocycles. The molecule has 0 fully saturated rings. The van der Waals surface area contributed by atoms with Crippen LogP contribution in [0.1, 0.15) is 10.4 Å². The number of carbonyl (C=O) groups is 1. The summed E-state index contributed by atoms with van der Waals surface area (Å²) < 4.78 is 5.40. The number of rotatable bonds is 8. The number of nitrogens with zero attached hydrogens (tertiary/aromatic N) is 2. The van der Waals surface area contributed by atoms with E-state index in [1.54, 1.807) is 31.0 Å². The van der Waals surface area contributed by atoms with E-state index in [9.17, 15) is 4.79 Å². The Kier molecular flexibility index (Phi) is 7.40. The van der Waals surface area contributed by atoms with Crippen molar-refractivity contribution in [2.75, 3.05) is 29.7 Å². The van der Waals surface area contributed by atoms with E-state index >= 15 is 0 Å². The van der Waals surface area contributed by atoms with Crippen LogP contribution >= 0.6 is 34.4 Å².